The van der Waals surface area contributed by atoms with Crippen LogP contribution in [0.2, 0.25) is 0 Å². The van der Waals surface area contributed by atoms with Crippen LogP contribution in [-0.2, 0) is 72.1 Å². The van der Waals surface area contributed by atoms with E-state index in [1.165, 1.54) is 62.7 Å². The Labute approximate surface area is 430 Å². The molecule has 2 aromatic carbocycles. The van der Waals surface area contributed by atoms with Crippen molar-refractivity contribution in [1.82, 2.24) is 10.6 Å². The molecule has 2 heterocycles. The van der Waals surface area contributed by atoms with Crippen LogP contribution < -0.4 is 22.1 Å². The van der Waals surface area contributed by atoms with E-state index in [0.29, 0.717) is 24.6 Å². The number of carbonyl (C=O) groups is 6. The maximum atomic E-state index is 12.6. The number of ketones is 2. The first-order valence-corrected chi connectivity index (χ1v) is 25.7. The Morgan fingerprint density at radius 2 is 1.14 bits per heavy atom. The Bertz CT molecular complexity index is 2330. The number of methoxy groups -OCH3 is 2. The molecule has 2 saturated carbocycles. The van der Waals surface area contributed by atoms with Crippen LogP contribution in [0, 0.1) is 23.7 Å². The highest BCUT2D eigenvalue weighted by molar-refractivity contribution is 9.10. The summed E-state index contributed by atoms with van der Waals surface area (Å²) in [6, 6.07) is 13.2. The van der Waals surface area contributed by atoms with Crippen LogP contribution in [0.5, 0.6) is 0 Å². The zero-order valence-electron chi connectivity index (χ0n) is 40.4. The van der Waals surface area contributed by atoms with Crippen LogP contribution in [-0.4, -0.2) is 113 Å². The van der Waals surface area contributed by atoms with Crippen LogP contribution >= 0.6 is 31.9 Å². The van der Waals surface area contributed by atoms with Gasteiger partial charge < -0.3 is 60.0 Å². The highest BCUT2D eigenvalue weighted by Gasteiger charge is 2.68. The Hall–Kier alpha value is -4.86. The smallest absolute Gasteiger partial charge is 0.335 e. The molecule has 10 unspecified atom stereocenters. The lowest BCUT2D eigenvalue weighted by Crippen LogP contribution is -2.53. The normalized spacial score (nSPS) is 26.8. The van der Waals surface area contributed by atoms with Crippen molar-refractivity contribution in [3.05, 3.63) is 80.3 Å². The fourth-order valence-electron chi connectivity index (χ4n) is 10.5. The number of fused-ring (bicyclic) bond motifs is 5. The molecule has 0 amide bonds. The maximum absolute atomic E-state index is 12.6. The molecule has 2 aliphatic heterocycles. The van der Waals surface area contributed by atoms with E-state index in [0.717, 1.165) is 73.2 Å². The fourth-order valence-corrected chi connectivity index (χ4v) is 11.2. The van der Waals surface area contributed by atoms with Crippen molar-refractivity contribution in [2.24, 2.45) is 35.1 Å². The summed E-state index contributed by atoms with van der Waals surface area (Å²) in [5.41, 5.74) is 18.0. The average Bonchev–Trinajstić information content (AvgIpc) is 4.21. The third-order valence-corrected chi connectivity index (χ3v) is 14.9. The van der Waals surface area contributed by atoms with Gasteiger partial charge in [-0.15, -0.1) is 0 Å². The molecule has 2 saturated heterocycles. The number of nitrogens with two attached hydrogens (primary N) is 2. The summed E-state index contributed by atoms with van der Waals surface area (Å²) < 4.78 is 46.2. The SMILES string of the molecule is COC(=O)C1OC(N/C=C(\N)COCCCCCCC2(CCCCCCOC/C(=C/N)NC3OC(C(=O)OC)C4C(=O)C4C3OC(C)=O)c3cc(Br)ccc3-c3ccc(Br)cc32)C(OC(C)=O)C2C(=O)C12. The quantitative estimate of drug-likeness (QED) is 0.0517. The monoisotopic (exact) mass is 1110 g/mol. The molecular formula is C51H64Br2N4O14. The Balaban J connectivity index is 0.864. The Morgan fingerprint density at radius 3 is 1.62 bits per heavy atom. The van der Waals surface area contributed by atoms with Crippen molar-refractivity contribution >= 4 is 67.3 Å². The van der Waals surface area contributed by atoms with Crippen LogP contribution in [0.3, 0.4) is 0 Å². The maximum Gasteiger partial charge on any atom is 0.335 e. The van der Waals surface area contributed by atoms with Gasteiger partial charge in [-0.25, -0.2) is 9.59 Å². The summed E-state index contributed by atoms with van der Waals surface area (Å²) in [6.07, 6.45) is 6.32. The lowest BCUT2D eigenvalue weighted by molar-refractivity contribution is -0.189. The molecule has 386 valence electrons. The van der Waals surface area contributed by atoms with Crippen molar-refractivity contribution in [1.29, 1.82) is 0 Å². The van der Waals surface area contributed by atoms with Crippen LogP contribution in [0.15, 0.2) is 69.1 Å². The minimum Gasteiger partial charge on any atom is -0.467 e. The number of carbonyl (C=O) groups excluding carboxylic acids is 6. The summed E-state index contributed by atoms with van der Waals surface area (Å²) in [7, 11) is 2.44. The first-order valence-electron chi connectivity index (χ1n) is 24.2. The molecule has 71 heavy (non-hydrogen) atoms. The number of ether oxygens (including phenoxy) is 8. The van der Waals surface area contributed by atoms with Crippen molar-refractivity contribution in [2.45, 2.75) is 120 Å². The lowest BCUT2D eigenvalue weighted by Gasteiger charge is -2.34. The van der Waals surface area contributed by atoms with E-state index in [-0.39, 0.29) is 30.2 Å². The van der Waals surface area contributed by atoms with Gasteiger partial charge in [0.2, 0.25) is 0 Å². The predicted molar refractivity (Wildman–Crippen MR) is 263 cm³/mol. The molecule has 2 aromatic rings. The van der Waals surface area contributed by atoms with E-state index in [1.807, 2.05) is 0 Å². The first kappa shape index (κ1) is 53.9. The highest BCUT2D eigenvalue weighted by Crippen LogP contribution is 2.55. The van der Waals surface area contributed by atoms with Gasteiger partial charge in [-0.05, 0) is 72.2 Å². The molecule has 6 N–H and O–H groups in total. The van der Waals surface area contributed by atoms with Gasteiger partial charge >= 0.3 is 23.9 Å². The zero-order valence-corrected chi connectivity index (χ0v) is 43.6. The van der Waals surface area contributed by atoms with Gasteiger partial charge in [0.25, 0.3) is 0 Å². The summed E-state index contributed by atoms with van der Waals surface area (Å²) in [6.45, 7) is 3.73. The summed E-state index contributed by atoms with van der Waals surface area (Å²) in [4.78, 5) is 73.5. The van der Waals surface area contributed by atoms with Gasteiger partial charge in [0.1, 0.15) is 11.6 Å². The van der Waals surface area contributed by atoms with Gasteiger partial charge in [0.15, 0.2) is 36.9 Å². The van der Waals surface area contributed by atoms with Gasteiger partial charge in [-0.1, -0.05) is 82.5 Å². The molecule has 7 rings (SSSR count). The second kappa shape index (κ2) is 24.2. The second-order valence-corrected chi connectivity index (χ2v) is 20.5. The lowest BCUT2D eigenvalue weighted by atomic mass is 9.70. The Kier molecular flexibility index (Phi) is 18.4. The molecule has 20 heteroatoms. The molecule has 18 nitrogen and oxygen atoms in total. The molecular weight excluding hydrogens is 1050 g/mol. The molecule has 3 aliphatic carbocycles. The second-order valence-electron chi connectivity index (χ2n) is 18.7. The topological polar surface area (TPSA) is 252 Å². The number of benzene rings is 2. The van der Waals surface area contributed by atoms with Gasteiger partial charge in [-0.3, -0.25) is 19.2 Å². The number of Topliss-reactive ketones (excluding diaryl/α,β-unsaturated/α-hetero) is 2. The minimum atomic E-state index is -1.11. The van der Waals surface area contributed by atoms with E-state index in [9.17, 15) is 28.8 Å². The molecule has 10 atom stereocenters. The van der Waals surface area contributed by atoms with E-state index in [2.05, 4.69) is 78.9 Å². The van der Waals surface area contributed by atoms with E-state index in [4.69, 9.17) is 49.4 Å². The fraction of sp³-hybridized carbons (Fsp3) is 0.569. The van der Waals surface area contributed by atoms with E-state index < -0.39 is 84.4 Å². The molecule has 0 bridgehead atoms. The number of hydrogen-bond donors (Lipinski definition) is 4. The van der Waals surface area contributed by atoms with Crippen molar-refractivity contribution in [3.63, 3.8) is 0 Å². The number of unbranched alkanes of at least 4 members (excludes halogenated alkanes) is 6. The van der Waals surface area contributed by atoms with Crippen molar-refractivity contribution in [3.8, 4) is 11.1 Å². The highest BCUT2D eigenvalue weighted by atomic mass is 79.9. The number of nitrogens with one attached hydrogen (secondary N) is 2. The zero-order chi connectivity index (χ0) is 51.0. The van der Waals surface area contributed by atoms with Crippen LogP contribution in [0.25, 0.3) is 11.1 Å². The third kappa shape index (κ3) is 12.5. The standard InChI is InChI=1S/C51H64Br2N4O14/c1-27(58)68-43-37-39(41(37)60)45(49(62)64-3)70-47(43)56-24-31(55)25-66-19-11-7-5-9-17-51(35-21-29(52)13-15-33(35)34-16-14-30(53)22-36(34)51)18-10-6-8-12-20-67-26-32(23-54)57-48-44(69-28(2)59)38-40(42(38)61)46(71-48)50(63)65-4/h13-16,21-24,37-40,43-48,56-57H,5-12,17-20,25-26,54-55H2,1-4H3/b31-24-,32-23-. The minimum absolute atomic E-state index is 0.118. The summed E-state index contributed by atoms with van der Waals surface area (Å²) in [5.74, 6) is -5.71. The van der Waals surface area contributed by atoms with Crippen LogP contribution in [0.4, 0.5) is 0 Å². The third-order valence-electron chi connectivity index (χ3n) is 13.9. The number of hydrogen-bond acceptors (Lipinski definition) is 18. The summed E-state index contributed by atoms with van der Waals surface area (Å²) >= 11 is 7.54. The largest absolute Gasteiger partial charge is 0.467 e. The van der Waals surface area contributed by atoms with Crippen molar-refractivity contribution < 1.29 is 66.7 Å². The average molecular weight is 1120 g/mol. The Morgan fingerprint density at radius 1 is 0.676 bits per heavy atom. The predicted octanol–water partition coefficient (Wildman–Crippen LogP) is 5.48. The number of rotatable bonds is 26. The molecule has 0 aromatic heterocycles. The number of halogens is 2. The molecule has 0 spiro atoms. The summed E-state index contributed by atoms with van der Waals surface area (Å²) in [5, 5.41) is 6.05. The van der Waals surface area contributed by atoms with Gasteiger partial charge in [0, 0.05) is 53.8 Å². The molecule has 5 aliphatic rings. The van der Waals surface area contributed by atoms with Crippen molar-refractivity contribution in [2.75, 3.05) is 40.6 Å². The first-order chi connectivity index (χ1) is 34.1. The molecule has 0 radical (unpaired) electrons. The number of esters is 4. The van der Waals surface area contributed by atoms with Gasteiger partial charge in [-0.2, -0.15) is 0 Å². The van der Waals surface area contributed by atoms with Gasteiger partial charge in [0.05, 0.1) is 62.5 Å². The van der Waals surface area contributed by atoms with E-state index >= 15 is 0 Å². The van der Waals surface area contributed by atoms with Crippen LogP contribution in [0.1, 0.15) is 89.2 Å². The molecule has 4 fully saturated rings. The van der Waals surface area contributed by atoms with E-state index in [1.54, 1.807) is 0 Å².